The molecule has 4 aliphatic carbocycles. The number of carbonyl (C=O) groups is 2. The first-order chi connectivity index (χ1) is 37.2. The van der Waals surface area contributed by atoms with Crippen LogP contribution in [0.1, 0.15) is 83.5 Å². The predicted molar refractivity (Wildman–Crippen MR) is 261 cm³/mol. The molecular weight excluding hydrogens is 1040 g/mol. The van der Waals surface area contributed by atoms with Gasteiger partial charge in [0.2, 0.25) is 0 Å². The van der Waals surface area contributed by atoms with Crippen molar-refractivity contribution in [2.24, 2.45) is 23.7 Å². The van der Waals surface area contributed by atoms with E-state index in [0.29, 0.717) is 57.8 Å². The number of hydrogen-bond acceptors (Lipinski definition) is 25. The highest BCUT2D eigenvalue weighted by atomic mass is 16.8. The molecule has 446 valence electrons. The minimum Gasteiger partial charge on any atom is -0.460 e. The van der Waals surface area contributed by atoms with Crippen molar-refractivity contribution in [2.45, 2.75) is 237 Å². The smallest absolute Gasteiger partial charge is 0.330 e. The molecule has 8 fully saturated rings. The van der Waals surface area contributed by atoms with Gasteiger partial charge in [-0.25, -0.2) is 9.59 Å². The number of hydrogen-bond donors (Lipinski definition) is 14. The highest BCUT2D eigenvalue weighted by Gasteiger charge is 2.58. The second-order valence-electron chi connectivity index (χ2n) is 22.6. The number of aliphatic hydroxyl groups is 16. The maximum atomic E-state index is 13.2. The van der Waals surface area contributed by atoms with Gasteiger partial charge in [0.05, 0.1) is 55.3 Å². The summed E-state index contributed by atoms with van der Waals surface area (Å²) in [5.74, 6) is -2.86. The molecule has 0 aromatic heterocycles. The zero-order valence-corrected chi connectivity index (χ0v) is 43.6. The highest BCUT2D eigenvalue weighted by molar-refractivity contribution is 5.82. The Labute approximate surface area is 451 Å². The average Bonchev–Trinajstić information content (AvgIpc) is 3.49. The summed E-state index contributed by atoms with van der Waals surface area (Å²) in [7, 11) is 1.49. The molecule has 27 atom stereocenters. The summed E-state index contributed by atoms with van der Waals surface area (Å²) in [6.07, 6.45) is -23.7. The maximum absolute atomic E-state index is 13.2. The van der Waals surface area contributed by atoms with Gasteiger partial charge in [-0.15, -0.1) is 0 Å². The van der Waals surface area contributed by atoms with E-state index in [2.05, 4.69) is 0 Å². The molecule has 4 saturated heterocycles. The minimum atomic E-state index is -2.03. The van der Waals surface area contributed by atoms with E-state index < -0.39 is 191 Å². The van der Waals surface area contributed by atoms with Crippen LogP contribution >= 0.6 is 0 Å². The van der Waals surface area contributed by atoms with E-state index >= 15 is 0 Å². The minimum absolute atomic E-state index is 0.000346. The first kappa shape index (κ1) is 61.6. The molecule has 0 spiro atoms. The summed E-state index contributed by atoms with van der Waals surface area (Å²) in [4.78, 5) is 26.0. The first-order valence-electron chi connectivity index (χ1n) is 27.5. The second kappa shape index (κ2) is 27.7. The number of aliphatic hydroxyl groups excluding tert-OH is 14. The number of carbonyl (C=O) groups excluding carboxylic acids is 2. The van der Waals surface area contributed by atoms with Crippen LogP contribution in [-0.2, 0) is 52.2 Å². The van der Waals surface area contributed by atoms with Crippen LogP contribution in [-0.4, -0.2) is 268 Å². The maximum Gasteiger partial charge on any atom is 0.330 e. The Morgan fingerprint density at radius 3 is 1.64 bits per heavy atom. The summed E-state index contributed by atoms with van der Waals surface area (Å²) in [5, 5.41) is 151. The molecular formula is C52H83O26+. The van der Waals surface area contributed by atoms with Gasteiger partial charge in [-0.2, -0.15) is 0 Å². The Balaban J connectivity index is 1.03. The fourth-order valence-electron chi connectivity index (χ4n) is 12.5. The van der Waals surface area contributed by atoms with Gasteiger partial charge in [0.25, 0.3) is 0 Å². The molecule has 0 amide bonds. The van der Waals surface area contributed by atoms with E-state index in [1.54, 1.807) is 6.08 Å². The molecule has 78 heavy (non-hydrogen) atoms. The average molecular weight is 1120 g/mol. The third-order valence-electron chi connectivity index (χ3n) is 17.2. The van der Waals surface area contributed by atoms with Gasteiger partial charge in [-0.05, 0) is 82.5 Å². The van der Waals surface area contributed by atoms with Crippen molar-refractivity contribution < 1.29 is 128 Å². The van der Waals surface area contributed by atoms with Crippen LogP contribution in [0.25, 0.3) is 0 Å². The van der Waals surface area contributed by atoms with Gasteiger partial charge in [0, 0.05) is 38.0 Å². The standard InChI is InChI=1S/C52H82O26/c1-69-33-15-23(3-11-29(33)57)5-13-39(60)71-21-37-42(63)45(66)49(78-51-47(68)44(65)41(62)36(76-51)20-70-38(59)12-4-22-2-10-28(56)30(58)14-22)52(77-37)74-34-18-27-31(72-48(34)24-6-8-25(54)9-7-24)16-26(55)17-32(27)73-50-46(67)43(64)40(61)35(19-53)75-50/h4-5,12-13,22-37,40-58,61-68H,2-3,6-11,14-21H2,1H3/p+1/t22?,23?,24?,25?,26?,27?,28?,29?,30?,31?,32?,33?,34?,35-,36-,37+,40-,41-,42-,43+,44-,45-,46+,47-,48?,49-,50-,51-,52-/m1/s1. The lowest BCUT2D eigenvalue weighted by Crippen LogP contribution is -2.66. The van der Waals surface area contributed by atoms with Gasteiger partial charge in [-0.3, -0.25) is 0 Å². The van der Waals surface area contributed by atoms with Crippen molar-refractivity contribution in [3.05, 3.63) is 24.3 Å². The summed E-state index contributed by atoms with van der Waals surface area (Å²) in [6.45, 7) is -2.02. The molecule has 0 bridgehead atoms. The van der Waals surface area contributed by atoms with Crippen molar-refractivity contribution in [3.63, 3.8) is 0 Å². The number of ether oxygens (including phenoxy) is 10. The summed E-state index contributed by atoms with van der Waals surface area (Å²) in [6, 6.07) is 0. The summed E-state index contributed by atoms with van der Waals surface area (Å²) >= 11 is 0. The Kier molecular flexibility index (Phi) is 21.9. The van der Waals surface area contributed by atoms with Crippen LogP contribution < -0.4 is 0 Å². The normalized spacial score (nSPS) is 48.6. The number of fused-ring (bicyclic) bond motifs is 1. The van der Waals surface area contributed by atoms with Crippen LogP contribution in [0.2, 0.25) is 0 Å². The van der Waals surface area contributed by atoms with Crippen molar-refractivity contribution in [1.29, 1.82) is 0 Å². The van der Waals surface area contributed by atoms with Crippen molar-refractivity contribution in [1.82, 2.24) is 0 Å². The Morgan fingerprint density at radius 1 is 0.500 bits per heavy atom. The molecule has 0 aromatic rings. The van der Waals surface area contributed by atoms with E-state index in [-0.39, 0.29) is 43.4 Å². The van der Waals surface area contributed by atoms with E-state index in [9.17, 15) is 81.1 Å². The molecule has 4 heterocycles. The van der Waals surface area contributed by atoms with Gasteiger partial charge in [0.15, 0.2) is 31.1 Å². The fraction of sp³-hybridized carbons (Fsp3) is 0.885. The van der Waals surface area contributed by atoms with Gasteiger partial charge < -0.3 is 119 Å². The lowest BCUT2D eigenvalue weighted by atomic mass is 9.73. The summed E-state index contributed by atoms with van der Waals surface area (Å²) < 4.78 is 58.8. The molecule has 8 rings (SSSR count). The Bertz CT molecular complexity index is 1960. The highest BCUT2D eigenvalue weighted by Crippen LogP contribution is 2.44. The molecule has 26 nitrogen and oxygen atoms in total. The van der Waals surface area contributed by atoms with Crippen LogP contribution in [0.5, 0.6) is 0 Å². The molecule has 15 N–H and O–H groups in total. The largest absolute Gasteiger partial charge is 0.460 e. The van der Waals surface area contributed by atoms with Gasteiger partial charge >= 0.3 is 11.9 Å². The number of esters is 2. The quantitative estimate of drug-likeness (QED) is 0.0369. The summed E-state index contributed by atoms with van der Waals surface area (Å²) in [5.41, 5.74) is 0. The van der Waals surface area contributed by atoms with Crippen LogP contribution in [0.3, 0.4) is 0 Å². The fourth-order valence-corrected chi connectivity index (χ4v) is 12.5. The van der Waals surface area contributed by atoms with Crippen molar-refractivity contribution in [2.75, 3.05) is 26.9 Å². The topological polar surface area (TPSA) is 413 Å². The van der Waals surface area contributed by atoms with E-state index in [4.69, 9.17) is 47.4 Å². The molecule has 26 heteroatoms. The third-order valence-corrected chi connectivity index (χ3v) is 17.2. The Hall–Kier alpha value is -2.46. The predicted octanol–water partition coefficient (Wildman–Crippen LogP) is -4.92. The Morgan fingerprint density at radius 2 is 1.04 bits per heavy atom. The molecule has 4 aliphatic heterocycles. The lowest BCUT2D eigenvalue weighted by Gasteiger charge is -2.50. The van der Waals surface area contributed by atoms with Crippen LogP contribution in [0, 0.1) is 23.7 Å². The molecule has 4 saturated carbocycles. The van der Waals surface area contributed by atoms with E-state index in [1.807, 2.05) is 0 Å². The second-order valence-corrected chi connectivity index (χ2v) is 22.6. The third kappa shape index (κ3) is 14.8. The zero-order valence-electron chi connectivity index (χ0n) is 43.6. The van der Waals surface area contributed by atoms with Gasteiger partial charge in [0.1, 0.15) is 92.6 Å². The number of rotatable bonds is 17. The van der Waals surface area contributed by atoms with Gasteiger partial charge in [-0.1, -0.05) is 12.2 Å². The molecule has 8 aliphatic rings. The van der Waals surface area contributed by atoms with Crippen molar-refractivity contribution >= 4 is 11.9 Å². The zero-order chi connectivity index (χ0) is 56.1. The molecule has 12 unspecified atom stereocenters. The van der Waals surface area contributed by atoms with Crippen LogP contribution in [0.15, 0.2) is 24.3 Å². The number of allylic oxidation sites excluding steroid dienone is 2. The first-order valence-corrected chi connectivity index (χ1v) is 27.5. The SMILES string of the molecule is COC1CC(C=CC(=O)OC[C@@H]2O[C@@H](OC3CC4C(O[C@@H]5O[C@H](CO)[C@@H](O)[C@H](O)[C@@H]5O)CC(O)CC4[OH+]C3C3CCC(O)CC3)[C@H](O[C@H]3O[C@H](COC(=O)C=CC4CCC(O)C(O)C4)[C@@H](O)[C@@H](O)[C@H]3O)[C@H](O)[C@@H]2O)CCC1O. The van der Waals surface area contributed by atoms with Crippen molar-refractivity contribution in [3.8, 4) is 0 Å². The van der Waals surface area contributed by atoms with Crippen LogP contribution in [0.4, 0.5) is 0 Å². The molecule has 0 radical (unpaired) electrons. The van der Waals surface area contributed by atoms with E-state index in [0.717, 1.165) is 6.08 Å². The lowest BCUT2D eigenvalue weighted by molar-refractivity contribution is -0.389. The number of methoxy groups -OCH3 is 1. The molecule has 0 aromatic carbocycles. The van der Waals surface area contributed by atoms with E-state index in [1.165, 1.54) is 19.3 Å². The monoisotopic (exact) mass is 1120 g/mol.